The zero-order valence-corrected chi connectivity index (χ0v) is 18.4. The van der Waals surface area contributed by atoms with Crippen LogP contribution in [0.4, 0.5) is 5.13 Å². The van der Waals surface area contributed by atoms with Crippen molar-refractivity contribution in [3.8, 4) is 11.5 Å². The van der Waals surface area contributed by atoms with Crippen LogP contribution >= 0.6 is 11.3 Å². The quantitative estimate of drug-likeness (QED) is 0.736. The van der Waals surface area contributed by atoms with Crippen LogP contribution in [0.15, 0.2) is 23.6 Å². The first-order chi connectivity index (χ1) is 13.8. The van der Waals surface area contributed by atoms with E-state index in [2.05, 4.69) is 29.0 Å². The third-order valence-electron chi connectivity index (χ3n) is 4.44. The lowest BCUT2D eigenvalue weighted by atomic mass is 10.2. The van der Waals surface area contributed by atoms with E-state index in [1.807, 2.05) is 19.2 Å². The molecule has 2 atom stereocenters. The van der Waals surface area contributed by atoms with Gasteiger partial charge in [0.05, 0.1) is 31.1 Å². The van der Waals surface area contributed by atoms with Gasteiger partial charge in [-0.15, -0.1) is 11.3 Å². The second-order valence-corrected chi connectivity index (χ2v) is 8.44. The molecule has 1 aliphatic rings. The molecule has 1 aromatic carbocycles. The van der Waals surface area contributed by atoms with Crippen molar-refractivity contribution in [1.29, 1.82) is 0 Å². The maximum Gasteiger partial charge on any atom is 0.257 e. The van der Waals surface area contributed by atoms with Gasteiger partial charge in [0.25, 0.3) is 5.91 Å². The molecule has 8 heteroatoms. The van der Waals surface area contributed by atoms with E-state index in [1.54, 1.807) is 25.3 Å². The Morgan fingerprint density at radius 2 is 2.03 bits per heavy atom. The van der Waals surface area contributed by atoms with Gasteiger partial charge in [-0.05, 0) is 45.9 Å². The van der Waals surface area contributed by atoms with Gasteiger partial charge in [-0.3, -0.25) is 15.0 Å². The number of amides is 1. The summed E-state index contributed by atoms with van der Waals surface area (Å²) in [4.78, 5) is 19.5. The number of carbonyl (C=O) groups excluding carboxylic acids is 1. The Morgan fingerprint density at radius 3 is 2.69 bits per heavy atom. The highest BCUT2D eigenvalue weighted by Crippen LogP contribution is 2.29. The molecule has 2 unspecified atom stereocenters. The molecule has 0 aliphatic carbocycles. The van der Waals surface area contributed by atoms with Crippen LogP contribution in [0.5, 0.6) is 11.5 Å². The monoisotopic (exact) mass is 419 g/mol. The zero-order valence-electron chi connectivity index (χ0n) is 17.6. The zero-order chi connectivity index (χ0) is 21.0. The minimum Gasteiger partial charge on any atom is -0.493 e. The van der Waals surface area contributed by atoms with Crippen LogP contribution in [0.25, 0.3) is 0 Å². The van der Waals surface area contributed by atoms with E-state index in [1.165, 1.54) is 11.3 Å². The molecule has 1 N–H and O–H groups in total. The van der Waals surface area contributed by atoms with E-state index in [0.29, 0.717) is 22.2 Å². The van der Waals surface area contributed by atoms with E-state index in [0.717, 1.165) is 25.3 Å². The highest BCUT2D eigenvalue weighted by molar-refractivity contribution is 7.13. The molecule has 158 valence electrons. The van der Waals surface area contributed by atoms with Crippen molar-refractivity contribution in [1.82, 2.24) is 9.88 Å². The predicted octanol–water partition coefficient (Wildman–Crippen LogP) is 3.80. The van der Waals surface area contributed by atoms with Crippen LogP contribution in [0.3, 0.4) is 0 Å². The van der Waals surface area contributed by atoms with Crippen LogP contribution in [-0.4, -0.2) is 54.3 Å². The summed E-state index contributed by atoms with van der Waals surface area (Å²) in [7, 11) is 1.56. The molecular formula is C21H29N3O4S. The number of morpholine rings is 1. The Hall–Kier alpha value is -2.16. The lowest BCUT2D eigenvalue weighted by Crippen LogP contribution is -2.44. The standard InChI is InChI=1S/C21H29N3O4S/c1-13(2)27-18-7-6-16(8-19(18)26-5)20(25)23-21-22-17(12-29-21)11-24-9-14(3)28-15(4)10-24/h6-8,12-15H,9-11H2,1-5H3,(H,22,23,25). The fourth-order valence-electron chi connectivity index (χ4n) is 3.41. The van der Waals surface area contributed by atoms with Crippen LogP contribution in [-0.2, 0) is 11.3 Å². The number of methoxy groups -OCH3 is 1. The molecule has 0 radical (unpaired) electrons. The maximum atomic E-state index is 12.6. The molecule has 0 bridgehead atoms. The molecule has 1 aliphatic heterocycles. The Morgan fingerprint density at radius 1 is 1.31 bits per heavy atom. The molecule has 3 rings (SSSR count). The second-order valence-electron chi connectivity index (χ2n) is 7.58. The van der Waals surface area contributed by atoms with Crippen LogP contribution < -0.4 is 14.8 Å². The summed E-state index contributed by atoms with van der Waals surface area (Å²) in [5, 5.41) is 5.44. The average molecular weight is 420 g/mol. The molecule has 2 heterocycles. The number of nitrogens with zero attached hydrogens (tertiary/aromatic N) is 2. The van der Waals surface area contributed by atoms with Crippen molar-refractivity contribution in [3.63, 3.8) is 0 Å². The SMILES string of the molecule is COc1cc(C(=O)Nc2nc(CN3CC(C)OC(C)C3)cs2)ccc1OC(C)C. The minimum atomic E-state index is -0.228. The summed E-state index contributed by atoms with van der Waals surface area (Å²) in [5.41, 5.74) is 1.44. The highest BCUT2D eigenvalue weighted by Gasteiger charge is 2.23. The van der Waals surface area contributed by atoms with Crippen molar-refractivity contribution in [2.24, 2.45) is 0 Å². The molecule has 7 nitrogen and oxygen atoms in total. The van der Waals surface area contributed by atoms with Gasteiger partial charge in [-0.25, -0.2) is 4.98 Å². The van der Waals surface area contributed by atoms with Gasteiger partial charge in [0.1, 0.15) is 0 Å². The van der Waals surface area contributed by atoms with Gasteiger partial charge < -0.3 is 14.2 Å². The predicted molar refractivity (Wildman–Crippen MR) is 114 cm³/mol. The van der Waals surface area contributed by atoms with Crippen molar-refractivity contribution in [3.05, 3.63) is 34.8 Å². The Kier molecular flexibility index (Phi) is 7.10. The number of aromatic nitrogens is 1. The Balaban J connectivity index is 1.62. The van der Waals surface area contributed by atoms with Crippen molar-refractivity contribution < 1.29 is 19.0 Å². The third kappa shape index (κ3) is 5.91. The molecule has 1 amide bonds. The van der Waals surface area contributed by atoms with Gasteiger partial charge in [0, 0.05) is 30.6 Å². The first-order valence-electron chi connectivity index (χ1n) is 9.82. The Bertz CT molecular complexity index is 829. The summed E-state index contributed by atoms with van der Waals surface area (Å²) < 4.78 is 16.8. The van der Waals surface area contributed by atoms with Crippen molar-refractivity contribution >= 4 is 22.4 Å². The fourth-order valence-corrected chi connectivity index (χ4v) is 4.11. The average Bonchev–Trinajstić information content (AvgIpc) is 3.07. The van der Waals surface area contributed by atoms with Gasteiger partial charge in [-0.2, -0.15) is 0 Å². The molecule has 1 fully saturated rings. The second kappa shape index (κ2) is 9.56. The molecule has 0 saturated carbocycles. The maximum absolute atomic E-state index is 12.6. The number of nitrogens with one attached hydrogen (secondary N) is 1. The lowest BCUT2D eigenvalue weighted by molar-refractivity contribution is -0.0707. The van der Waals surface area contributed by atoms with E-state index in [9.17, 15) is 4.79 Å². The first kappa shape index (κ1) is 21.5. The molecule has 29 heavy (non-hydrogen) atoms. The molecule has 0 spiro atoms. The number of anilines is 1. The van der Waals surface area contributed by atoms with E-state index < -0.39 is 0 Å². The number of benzene rings is 1. The van der Waals surface area contributed by atoms with E-state index in [4.69, 9.17) is 14.2 Å². The first-order valence-corrected chi connectivity index (χ1v) is 10.7. The third-order valence-corrected chi connectivity index (χ3v) is 5.25. The largest absolute Gasteiger partial charge is 0.493 e. The Labute approximate surface area is 176 Å². The minimum absolute atomic E-state index is 0.0229. The normalized spacial score (nSPS) is 19.9. The topological polar surface area (TPSA) is 72.9 Å². The van der Waals surface area contributed by atoms with E-state index >= 15 is 0 Å². The number of hydrogen-bond acceptors (Lipinski definition) is 7. The summed E-state index contributed by atoms with van der Waals surface area (Å²) in [6, 6.07) is 5.15. The summed E-state index contributed by atoms with van der Waals surface area (Å²) in [5.74, 6) is 0.917. The van der Waals surface area contributed by atoms with Gasteiger partial charge in [0.2, 0.25) is 0 Å². The van der Waals surface area contributed by atoms with Crippen molar-refractivity contribution in [2.45, 2.75) is 52.6 Å². The lowest BCUT2D eigenvalue weighted by Gasteiger charge is -2.34. The summed E-state index contributed by atoms with van der Waals surface area (Å²) in [6.45, 7) is 10.6. The highest BCUT2D eigenvalue weighted by atomic mass is 32.1. The molecular weight excluding hydrogens is 390 g/mol. The smallest absolute Gasteiger partial charge is 0.257 e. The number of carbonyl (C=O) groups is 1. The number of rotatable bonds is 7. The van der Waals surface area contributed by atoms with E-state index in [-0.39, 0.29) is 24.2 Å². The van der Waals surface area contributed by atoms with Crippen LogP contribution in [0.2, 0.25) is 0 Å². The van der Waals surface area contributed by atoms with Gasteiger partial charge in [-0.1, -0.05) is 0 Å². The number of hydrogen-bond donors (Lipinski definition) is 1. The number of thiazole rings is 1. The molecule has 1 saturated heterocycles. The van der Waals surface area contributed by atoms with Gasteiger partial charge >= 0.3 is 0 Å². The fraction of sp³-hybridized carbons (Fsp3) is 0.524. The summed E-state index contributed by atoms with van der Waals surface area (Å²) >= 11 is 1.43. The summed E-state index contributed by atoms with van der Waals surface area (Å²) in [6.07, 6.45) is 0.457. The van der Waals surface area contributed by atoms with Gasteiger partial charge in [0.15, 0.2) is 16.6 Å². The number of ether oxygens (including phenoxy) is 3. The van der Waals surface area contributed by atoms with Crippen LogP contribution in [0, 0.1) is 0 Å². The van der Waals surface area contributed by atoms with Crippen LogP contribution in [0.1, 0.15) is 43.7 Å². The van der Waals surface area contributed by atoms with Crippen molar-refractivity contribution in [2.75, 3.05) is 25.5 Å². The molecule has 1 aromatic heterocycles. The molecule has 2 aromatic rings.